The fourth-order valence-electron chi connectivity index (χ4n) is 1.91. The lowest BCUT2D eigenvalue weighted by atomic mass is 9.88. The SMILES string of the molecule is CC(C)(C)c1cncc(OC[C@@H](N)COc2cc(C#N)ccn2)c1. The van der Waals surface area contributed by atoms with E-state index < -0.39 is 0 Å². The van der Waals surface area contributed by atoms with Gasteiger partial charge in [-0.3, -0.25) is 4.98 Å². The highest BCUT2D eigenvalue weighted by Gasteiger charge is 2.15. The maximum absolute atomic E-state index is 8.85. The van der Waals surface area contributed by atoms with Crippen molar-refractivity contribution in [1.82, 2.24) is 9.97 Å². The molecule has 1 atom stereocenters. The van der Waals surface area contributed by atoms with Crippen molar-refractivity contribution in [2.75, 3.05) is 13.2 Å². The highest BCUT2D eigenvalue weighted by molar-refractivity contribution is 5.31. The average molecular weight is 326 g/mol. The molecule has 0 bridgehead atoms. The maximum Gasteiger partial charge on any atom is 0.214 e. The van der Waals surface area contributed by atoms with Crippen molar-refractivity contribution in [2.24, 2.45) is 5.73 Å². The van der Waals surface area contributed by atoms with Gasteiger partial charge in [0.1, 0.15) is 19.0 Å². The Kier molecular flexibility index (Phi) is 5.72. The smallest absolute Gasteiger partial charge is 0.214 e. The summed E-state index contributed by atoms with van der Waals surface area (Å²) in [6, 6.07) is 6.87. The first-order valence-corrected chi connectivity index (χ1v) is 7.71. The molecule has 0 saturated carbocycles. The number of pyridine rings is 2. The standard InChI is InChI=1S/C18H22N4O2/c1-18(2,3)14-7-16(10-21-9-14)23-11-15(20)12-24-17-6-13(8-19)4-5-22-17/h4-7,9-10,15H,11-12,20H2,1-3H3/t15-/m1/s1. The van der Waals surface area contributed by atoms with E-state index in [9.17, 15) is 0 Å². The summed E-state index contributed by atoms with van der Waals surface area (Å²) >= 11 is 0. The van der Waals surface area contributed by atoms with Crippen LogP contribution in [0.3, 0.4) is 0 Å². The van der Waals surface area contributed by atoms with E-state index in [1.807, 2.05) is 18.3 Å². The van der Waals surface area contributed by atoms with Gasteiger partial charge < -0.3 is 15.2 Å². The van der Waals surface area contributed by atoms with E-state index >= 15 is 0 Å². The van der Waals surface area contributed by atoms with E-state index in [1.165, 1.54) is 6.20 Å². The van der Waals surface area contributed by atoms with Crippen LogP contribution < -0.4 is 15.2 Å². The molecule has 0 spiro atoms. The van der Waals surface area contributed by atoms with Gasteiger partial charge in [-0.15, -0.1) is 0 Å². The Morgan fingerprint density at radius 2 is 1.96 bits per heavy atom. The summed E-state index contributed by atoms with van der Waals surface area (Å²) < 4.78 is 11.2. The van der Waals surface area contributed by atoms with Crippen LogP contribution >= 0.6 is 0 Å². The van der Waals surface area contributed by atoms with Crippen LogP contribution in [0, 0.1) is 11.3 Å². The summed E-state index contributed by atoms with van der Waals surface area (Å²) in [4.78, 5) is 8.24. The molecule has 6 nitrogen and oxygen atoms in total. The van der Waals surface area contributed by atoms with Crippen molar-refractivity contribution < 1.29 is 9.47 Å². The van der Waals surface area contributed by atoms with Crippen molar-refractivity contribution in [2.45, 2.75) is 32.2 Å². The van der Waals surface area contributed by atoms with Crippen LogP contribution in [0.15, 0.2) is 36.8 Å². The van der Waals surface area contributed by atoms with Crippen LogP contribution in [0.5, 0.6) is 11.6 Å². The second kappa shape index (κ2) is 7.75. The predicted molar refractivity (Wildman–Crippen MR) is 90.9 cm³/mol. The van der Waals surface area contributed by atoms with Gasteiger partial charge in [-0.05, 0) is 23.1 Å². The minimum absolute atomic E-state index is 0.00895. The Balaban J connectivity index is 1.85. The molecule has 0 aliphatic heterocycles. The number of aromatic nitrogens is 2. The molecule has 0 saturated heterocycles. The molecule has 0 aliphatic carbocycles. The second-order valence-electron chi connectivity index (χ2n) is 6.54. The number of hydrogen-bond acceptors (Lipinski definition) is 6. The van der Waals surface area contributed by atoms with Gasteiger partial charge in [0.2, 0.25) is 5.88 Å². The third kappa shape index (κ3) is 5.21. The minimum atomic E-state index is -0.323. The van der Waals surface area contributed by atoms with Crippen molar-refractivity contribution in [3.63, 3.8) is 0 Å². The molecule has 0 fully saturated rings. The van der Waals surface area contributed by atoms with Gasteiger partial charge in [0.05, 0.1) is 23.9 Å². The summed E-state index contributed by atoms with van der Waals surface area (Å²) in [6.45, 7) is 6.91. The zero-order valence-electron chi connectivity index (χ0n) is 14.2. The highest BCUT2D eigenvalue weighted by atomic mass is 16.5. The average Bonchev–Trinajstić information content (AvgIpc) is 2.58. The van der Waals surface area contributed by atoms with Crippen LogP contribution in [0.25, 0.3) is 0 Å². The lowest BCUT2D eigenvalue weighted by molar-refractivity contribution is 0.215. The third-order valence-corrected chi connectivity index (χ3v) is 3.35. The first-order chi connectivity index (χ1) is 11.4. The molecule has 0 aromatic carbocycles. The topological polar surface area (TPSA) is 94.0 Å². The van der Waals surface area contributed by atoms with Gasteiger partial charge in [0, 0.05) is 18.5 Å². The predicted octanol–water partition coefficient (Wildman–Crippen LogP) is 2.43. The largest absolute Gasteiger partial charge is 0.490 e. The van der Waals surface area contributed by atoms with Crippen LogP contribution in [-0.4, -0.2) is 29.2 Å². The first-order valence-electron chi connectivity index (χ1n) is 7.71. The molecular weight excluding hydrogens is 304 g/mol. The van der Waals surface area contributed by atoms with Gasteiger partial charge in [-0.2, -0.15) is 5.26 Å². The second-order valence-corrected chi connectivity index (χ2v) is 6.54. The van der Waals surface area contributed by atoms with Crippen LogP contribution in [0.2, 0.25) is 0 Å². The summed E-state index contributed by atoms with van der Waals surface area (Å²) in [5, 5.41) is 8.85. The van der Waals surface area contributed by atoms with E-state index in [0.29, 0.717) is 23.8 Å². The molecular formula is C18H22N4O2. The Labute approximate surface area is 142 Å². The molecule has 2 aromatic heterocycles. The zero-order chi connectivity index (χ0) is 17.6. The molecule has 0 unspecified atom stereocenters. The lowest BCUT2D eigenvalue weighted by Crippen LogP contribution is -2.34. The Bertz CT molecular complexity index is 719. The lowest BCUT2D eigenvalue weighted by Gasteiger charge is -2.19. The summed E-state index contributed by atoms with van der Waals surface area (Å²) in [7, 11) is 0. The first kappa shape index (κ1) is 17.7. The number of nitrogens with zero attached hydrogens (tertiary/aromatic N) is 3. The van der Waals surface area contributed by atoms with Gasteiger partial charge in [0.25, 0.3) is 0 Å². The molecule has 126 valence electrons. The molecule has 0 amide bonds. The third-order valence-electron chi connectivity index (χ3n) is 3.35. The van der Waals surface area contributed by atoms with Crippen molar-refractivity contribution in [1.29, 1.82) is 5.26 Å². The normalized spacial score (nSPS) is 12.3. The van der Waals surface area contributed by atoms with Crippen LogP contribution in [0.4, 0.5) is 0 Å². The Morgan fingerprint density at radius 1 is 1.21 bits per heavy atom. The number of nitriles is 1. The Hall–Kier alpha value is -2.65. The molecule has 6 heteroatoms. The molecule has 2 heterocycles. The van der Waals surface area contributed by atoms with Gasteiger partial charge in [0.15, 0.2) is 0 Å². The van der Waals surface area contributed by atoms with Crippen LogP contribution in [0.1, 0.15) is 31.9 Å². The van der Waals surface area contributed by atoms with Crippen molar-refractivity contribution in [3.8, 4) is 17.7 Å². The number of hydrogen-bond donors (Lipinski definition) is 1. The molecule has 0 aliphatic rings. The fraction of sp³-hybridized carbons (Fsp3) is 0.389. The van der Waals surface area contributed by atoms with E-state index in [4.69, 9.17) is 20.5 Å². The quantitative estimate of drug-likeness (QED) is 0.876. The number of ether oxygens (including phenoxy) is 2. The van der Waals surface area contributed by atoms with Crippen molar-refractivity contribution in [3.05, 3.63) is 47.9 Å². The zero-order valence-corrected chi connectivity index (χ0v) is 14.2. The maximum atomic E-state index is 8.85. The molecule has 2 N–H and O–H groups in total. The monoisotopic (exact) mass is 326 g/mol. The minimum Gasteiger partial charge on any atom is -0.490 e. The molecule has 2 aromatic rings. The van der Waals surface area contributed by atoms with E-state index in [-0.39, 0.29) is 18.1 Å². The Morgan fingerprint density at radius 3 is 2.67 bits per heavy atom. The van der Waals surface area contributed by atoms with Crippen molar-refractivity contribution >= 4 is 0 Å². The molecule has 24 heavy (non-hydrogen) atoms. The molecule has 0 radical (unpaired) electrons. The van der Waals surface area contributed by atoms with E-state index in [2.05, 4.69) is 30.7 Å². The van der Waals surface area contributed by atoms with Gasteiger partial charge in [-0.25, -0.2) is 4.98 Å². The van der Waals surface area contributed by atoms with Gasteiger partial charge >= 0.3 is 0 Å². The number of rotatable bonds is 6. The highest BCUT2D eigenvalue weighted by Crippen LogP contribution is 2.24. The fourth-order valence-corrected chi connectivity index (χ4v) is 1.91. The summed E-state index contributed by atoms with van der Waals surface area (Å²) in [5.41, 5.74) is 7.60. The molecule has 2 rings (SSSR count). The van der Waals surface area contributed by atoms with Gasteiger partial charge in [-0.1, -0.05) is 20.8 Å². The number of nitrogens with two attached hydrogens (primary N) is 1. The van der Waals surface area contributed by atoms with Crippen LogP contribution in [-0.2, 0) is 5.41 Å². The summed E-state index contributed by atoms with van der Waals surface area (Å²) in [6.07, 6.45) is 5.03. The van der Waals surface area contributed by atoms with E-state index in [0.717, 1.165) is 5.56 Å². The summed E-state index contributed by atoms with van der Waals surface area (Å²) in [5.74, 6) is 1.06. The van der Waals surface area contributed by atoms with E-state index in [1.54, 1.807) is 18.3 Å².